The highest BCUT2D eigenvalue weighted by molar-refractivity contribution is 5.36. The van der Waals surface area contributed by atoms with Gasteiger partial charge in [-0.3, -0.25) is 14.3 Å². The molecule has 0 aliphatic carbocycles. The third-order valence-corrected chi connectivity index (χ3v) is 2.55. The Morgan fingerprint density at radius 2 is 2.00 bits per heavy atom. The summed E-state index contributed by atoms with van der Waals surface area (Å²) in [5.41, 5.74) is -2.61. The zero-order valence-electron chi connectivity index (χ0n) is 21.5. The van der Waals surface area contributed by atoms with Crippen LogP contribution in [0.3, 0.4) is 0 Å². The summed E-state index contributed by atoms with van der Waals surface area (Å²) >= 11 is 0. The molecular formula is C15H19N3O2. The Balaban J connectivity index is 2.54. The lowest BCUT2D eigenvalue weighted by Crippen LogP contribution is -2.36. The maximum atomic E-state index is 12.4. The molecule has 0 bridgehead atoms. The number of H-pyrrole nitrogens is 1. The second-order valence-electron chi connectivity index (χ2n) is 4.00. The highest BCUT2D eigenvalue weighted by Crippen LogP contribution is 2.15. The number of anilines is 1. The monoisotopic (exact) mass is 284 g/mol. The van der Waals surface area contributed by atoms with Crippen molar-refractivity contribution >= 4 is 5.82 Å². The number of hydrogen-bond donors (Lipinski definition) is 2. The minimum Gasteiger partial charge on any atom is -0.365 e. The van der Waals surface area contributed by atoms with Crippen LogP contribution in [0.25, 0.3) is 0 Å². The Kier molecular flexibility index (Phi) is 1.62. The van der Waals surface area contributed by atoms with E-state index in [-0.39, 0.29) is 15.9 Å². The minimum atomic E-state index is -3.17. The first-order valence-corrected chi connectivity index (χ1v) is 5.67. The average molecular weight is 284 g/mol. The molecule has 2 N–H and O–H groups in total. The van der Waals surface area contributed by atoms with Gasteiger partial charge in [-0.15, -0.1) is 0 Å². The van der Waals surface area contributed by atoms with Crippen molar-refractivity contribution in [2.24, 2.45) is 0 Å². The lowest BCUT2D eigenvalue weighted by atomic mass is 10.1. The first-order chi connectivity index (χ1) is 14.0. The van der Waals surface area contributed by atoms with Gasteiger partial charge in [0.1, 0.15) is 5.82 Å². The Morgan fingerprint density at radius 3 is 2.60 bits per heavy atom. The van der Waals surface area contributed by atoms with Gasteiger partial charge in [-0.25, -0.2) is 4.79 Å². The van der Waals surface area contributed by atoms with Crippen LogP contribution in [-0.4, -0.2) is 9.55 Å². The molecule has 1 atom stereocenters. The number of aromatic nitrogens is 2. The van der Waals surface area contributed by atoms with E-state index in [1.165, 1.54) is 6.92 Å². The molecule has 5 heteroatoms. The summed E-state index contributed by atoms with van der Waals surface area (Å²) < 4.78 is 83.6. The van der Waals surface area contributed by atoms with Crippen LogP contribution in [0.1, 0.15) is 53.4 Å². The van der Waals surface area contributed by atoms with Gasteiger partial charge in [0.25, 0.3) is 5.56 Å². The number of rotatable bonds is 4. The summed E-state index contributed by atoms with van der Waals surface area (Å²) in [6.45, 7) is -4.92. The summed E-state index contributed by atoms with van der Waals surface area (Å²) in [4.78, 5) is 27.0. The van der Waals surface area contributed by atoms with Gasteiger partial charge >= 0.3 is 5.69 Å². The molecule has 20 heavy (non-hydrogen) atoms. The summed E-state index contributed by atoms with van der Waals surface area (Å²) in [6, 6.07) is -5.25. The van der Waals surface area contributed by atoms with Crippen LogP contribution in [0.5, 0.6) is 0 Å². The van der Waals surface area contributed by atoms with Crippen LogP contribution < -0.4 is 16.6 Å². The predicted octanol–water partition coefficient (Wildman–Crippen LogP) is 2.29. The molecule has 2 rings (SSSR count). The normalized spacial score (nSPS) is 21.6. The largest absolute Gasteiger partial charge is 0.365 e. The van der Waals surface area contributed by atoms with Crippen LogP contribution in [-0.2, 0) is 0 Å². The SMILES string of the molecule is [2H]c1c([2H])c([2H])c([C@H](C)Nc2cc(=O)n(C(C([2H])([2H])[2H])C([2H])([2H])[2H])c(=O)[nH]2)c([2H])c1[2H]. The van der Waals surface area contributed by atoms with Crippen molar-refractivity contribution in [3.63, 3.8) is 0 Å². The first-order valence-electron chi connectivity index (χ1n) is 11.2. The zero-order valence-corrected chi connectivity index (χ0v) is 10.5. The molecule has 0 aliphatic rings. The molecule has 1 aromatic carbocycles. The van der Waals surface area contributed by atoms with Crippen molar-refractivity contribution in [2.45, 2.75) is 32.7 Å². The van der Waals surface area contributed by atoms with Gasteiger partial charge in [-0.1, -0.05) is 30.2 Å². The Morgan fingerprint density at radius 1 is 1.30 bits per heavy atom. The lowest BCUT2D eigenvalue weighted by molar-refractivity contribution is 0.546. The third kappa shape index (κ3) is 2.99. The van der Waals surface area contributed by atoms with Crippen molar-refractivity contribution in [1.82, 2.24) is 9.55 Å². The minimum absolute atomic E-state index is 0.0976. The predicted molar refractivity (Wildman–Crippen MR) is 80.2 cm³/mol. The maximum Gasteiger partial charge on any atom is 0.330 e. The number of nitrogens with zero attached hydrogens (tertiary/aromatic N) is 1. The zero-order chi connectivity index (χ0) is 24.0. The molecule has 1 heterocycles. The van der Waals surface area contributed by atoms with E-state index in [0.717, 1.165) is 6.07 Å². The molecule has 0 unspecified atom stereocenters. The van der Waals surface area contributed by atoms with Crippen LogP contribution in [0, 0.1) is 0 Å². The number of benzene rings is 1. The van der Waals surface area contributed by atoms with Crippen LogP contribution in [0.2, 0.25) is 0 Å². The summed E-state index contributed by atoms with van der Waals surface area (Å²) in [6.07, 6.45) is 0. The van der Waals surface area contributed by atoms with Crippen LogP contribution in [0.4, 0.5) is 5.82 Å². The van der Waals surface area contributed by atoms with E-state index in [4.69, 9.17) is 15.1 Å². The average Bonchev–Trinajstić information content (AvgIpc) is 2.59. The fraction of sp³-hybridized carbons (Fsp3) is 0.333. The summed E-state index contributed by atoms with van der Waals surface area (Å²) in [7, 11) is 0. The lowest BCUT2D eigenvalue weighted by Gasteiger charge is -2.16. The van der Waals surface area contributed by atoms with Gasteiger partial charge in [0.15, 0.2) is 0 Å². The van der Waals surface area contributed by atoms with E-state index in [1.54, 1.807) is 0 Å². The van der Waals surface area contributed by atoms with E-state index >= 15 is 0 Å². The molecule has 0 aliphatic heterocycles. The van der Waals surface area contributed by atoms with Gasteiger partial charge in [-0.2, -0.15) is 0 Å². The number of nitrogens with one attached hydrogen (secondary N) is 2. The second-order valence-corrected chi connectivity index (χ2v) is 4.00. The van der Waals surface area contributed by atoms with Crippen molar-refractivity contribution in [3.8, 4) is 0 Å². The van der Waals surface area contributed by atoms with Gasteiger partial charge in [0, 0.05) is 26.4 Å². The molecular weight excluding hydrogens is 254 g/mol. The quantitative estimate of drug-likeness (QED) is 0.905. The van der Waals surface area contributed by atoms with Gasteiger partial charge in [0.2, 0.25) is 0 Å². The van der Waals surface area contributed by atoms with Crippen LogP contribution in [0.15, 0.2) is 45.9 Å². The Bertz CT molecular complexity index is 1040. The number of aromatic amines is 1. The fourth-order valence-corrected chi connectivity index (χ4v) is 1.61. The Hall–Kier alpha value is -2.30. The maximum absolute atomic E-state index is 12.4. The first kappa shape index (κ1) is 5.60. The molecule has 1 aromatic heterocycles. The van der Waals surface area contributed by atoms with Crippen LogP contribution >= 0.6 is 0 Å². The topological polar surface area (TPSA) is 66.9 Å². The highest BCUT2D eigenvalue weighted by Gasteiger charge is 2.10. The molecule has 0 spiro atoms. The van der Waals surface area contributed by atoms with E-state index in [9.17, 15) is 9.59 Å². The fourth-order valence-electron chi connectivity index (χ4n) is 1.61. The van der Waals surface area contributed by atoms with E-state index < -0.39 is 67.2 Å². The number of hydrogen-bond acceptors (Lipinski definition) is 3. The van der Waals surface area contributed by atoms with Crippen molar-refractivity contribution in [2.75, 3.05) is 5.32 Å². The Labute approximate surface area is 132 Å². The van der Waals surface area contributed by atoms with Gasteiger partial charge in [0.05, 0.1) is 6.85 Å². The van der Waals surface area contributed by atoms with Crippen molar-refractivity contribution in [1.29, 1.82) is 0 Å². The van der Waals surface area contributed by atoms with E-state index in [1.807, 2.05) is 0 Å². The van der Waals surface area contributed by atoms with Crippen molar-refractivity contribution < 1.29 is 15.1 Å². The molecule has 0 amide bonds. The van der Waals surface area contributed by atoms with Gasteiger partial charge in [-0.05, 0) is 26.2 Å². The second kappa shape index (κ2) is 5.77. The van der Waals surface area contributed by atoms with E-state index in [0.29, 0.717) is 0 Å². The summed E-state index contributed by atoms with van der Waals surface area (Å²) in [5.74, 6) is -0.250. The molecule has 0 saturated carbocycles. The molecule has 5 nitrogen and oxygen atoms in total. The molecule has 0 saturated heterocycles. The summed E-state index contributed by atoms with van der Waals surface area (Å²) in [5, 5.41) is 2.62. The third-order valence-electron chi connectivity index (χ3n) is 2.55. The highest BCUT2D eigenvalue weighted by atomic mass is 16.2. The van der Waals surface area contributed by atoms with Crippen molar-refractivity contribution in [3.05, 3.63) is 62.7 Å². The molecule has 0 fully saturated rings. The molecule has 106 valence electrons. The van der Waals surface area contributed by atoms with Gasteiger partial charge < -0.3 is 5.32 Å². The standard InChI is InChI=1S/C15H19N3O2/c1-10(2)18-14(19)9-13(17-15(18)20)16-11(3)12-7-5-4-6-8-12/h4-11,16H,1-3H3,(H,17,20)/t11-/m0/s1/i1D3,2D3,4D,5D,6D,7D,8D. The molecule has 2 aromatic rings. The van der Waals surface area contributed by atoms with E-state index in [2.05, 4.69) is 10.3 Å². The molecule has 0 radical (unpaired) electrons. The smallest absolute Gasteiger partial charge is 0.330 e.